The Balaban J connectivity index is 3.09. The Morgan fingerprint density at radius 3 is 2.73 bits per heavy atom. The van der Waals surface area contributed by atoms with Crippen molar-refractivity contribution in [3.05, 3.63) is 35.5 Å². The van der Waals surface area contributed by atoms with Gasteiger partial charge in [-0.15, -0.1) is 18.2 Å². The van der Waals surface area contributed by atoms with E-state index in [1.54, 1.807) is 12.2 Å². The van der Waals surface area contributed by atoms with Crippen molar-refractivity contribution >= 4 is 17.4 Å². The molecule has 0 saturated heterocycles. The van der Waals surface area contributed by atoms with E-state index in [1.807, 2.05) is 13.8 Å². The first kappa shape index (κ1) is 19.2. The highest BCUT2D eigenvalue weighted by molar-refractivity contribution is 6.17. The molecule has 0 bridgehead atoms. The van der Waals surface area contributed by atoms with Crippen LogP contribution in [0, 0.1) is 11.3 Å². The van der Waals surface area contributed by atoms with Crippen LogP contribution in [-0.4, -0.2) is 22.9 Å². The van der Waals surface area contributed by atoms with Gasteiger partial charge in [-0.3, -0.25) is 4.79 Å². The highest BCUT2D eigenvalue weighted by Crippen LogP contribution is 2.46. The maximum Gasteiger partial charge on any atom is 0.182 e. The summed E-state index contributed by atoms with van der Waals surface area (Å²) in [7, 11) is 0. The average Bonchev–Trinajstić information content (AvgIpc) is 2.43. The minimum atomic E-state index is -0.577. The van der Waals surface area contributed by atoms with Crippen molar-refractivity contribution in [2.75, 3.05) is 5.88 Å². The molecule has 22 heavy (non-hydrogen) atoms. The average molecular weight is 325 g/mol. The van der Waals surface area contributed by atoms with Crippen LogP contribution in [0.3, 0.4) is 0 Å². The first-order valence-corrected chi connectivity index (χ1v) is 8.57. The first-order chi connectivity index (χ1) is 10.3. The van der Waals surface area contributed by atoms with E-state index in [2.05, 4.69) is 20.4 Å². The second-order valence-electron chi connectivity index (χ2n) is 6.90. The molecule has 0 amide bonds. The monoisotopic (exact) mass is 324 g/mol. The van der Waals surface area contributed by atoms with Crippen molar-refractivity contribution in [2.24, 2.45) is 11.3 Å². The smallest absolute Gasteiger partial charge is 0.182 e. The number of rotatable bonds is 7. The van der Waals surface area contributed by atoms with Crippen molar-refractivity contribution in [3.63, 3.8) is 0 Å². The topological polar surface area (TPSA) is 37.3 Å². The minimum Gasteiger partial charge on any atom is -0.389 e. The van der Waals surface area contributed by atoms with Crippen molar-refractivity contribution in [1.29, 1.82) is 0 Å². The summed E-state index contributed by atoms with van der Waals surface area (Å²) in [6.45, 7) is 11.8. The Bertz CT molecular complexity index is 486. The Morgan fingerprint density at radius 2 is 2.18 bits per heavy atom. The van der Waals surface area contributed by atoms with Gasteiger partial charge in [-0.2, -0.15) is 0 Å². The molecule has 2 unspecified atom stereocenters. The Labute approximate surface area is 139 Å². The predicted octanol–water partition coefficient (Wildman–Crippen LogP) is 4.82. The lowest BCUT2D eigenvalue weighted by molar-refractivity contribution is -0.113. The zero-order valence-corrected chi connectivity index (χ0v) is 15.0. The number of ketones is 1. The molecule has 124 valence electrons. The molecule has 0 radical (unpaired) electrons. The van der Waals surface area contributed by atoms with Crippen LogP contribution in [0.25, 0.3) is 0 Å². The van der Waals surface area contributed by atoms with Gasteiger partial charge in [0.25, 0.3) is 0 Å². The molecule has 1 rings (SSSR count). The van der Waals surface area contributed by atoms with Crippen LogP contribution in [-0.2, 0) is 4.79 Å². The summed E-state index contributed by atoms with van der Waals surface area (Å²) < 4.78 is 0. The summed E-state index contributed by atoms with van der Waals surface area (Å²) in [4.78, 5) is 12.8. The third kappa shape index (κ3) is 4.33. The first-order valence-electron chi connectivity index (χ1n) is 8.04. The van der Waals surface area contributed by atoms with Gasteiger partial charge in [-0.25, -0.2) is 0 Å². The van der Waals surface area contributed by atoms with Gasteiger partial charge < -0.3 is 5.11 Å². The summed E-state index contributed by atoms with van der Waals surface area (Å²) >= 11 is 5.71. The lowest BCUT2D eigenvalue weighted by atomic mass is 9.62. The molecular weight excluding hydrogens is 296 g/mol. The Morgan fingerprint density at radius 1 is 1.55 bits per heavy atom. The largest absolute Gasteiger partial charge is 0.389 e. The minimum absolute atomic E-state index is 0.0317. The van der Waals surface area contributed by atoms with Gasteiger partial charge in [0.1, 0.15) is 0 Å². The summed E-state index contributed by atoms with van der Waals surface area (Å²) in [5.41, 5.74) is 2.71. The van der Waals surface area contributed by atoms with Gasteiger partial charge in [0.2, 0.25) is 0 Å². The molecule has 2 atom stereocenters. The summed E-state index contributed by atoms with van der Waals surface area (Å²) in [6.07, 6.45) is 6.22. The van der Waals surface area contributed by atoms with E-state index >= 15 is 0 Å². The van der Waals surface area contributed by atoms with Gasteiger partial charge in [-0.05, 0) is 56.9 Å². The maximum absolute atomic E-state index is 12.8. The quantitative estimate of drug-likeness (QED) is 0.414. The van der Waals surface area contributed by atoms with E-state index in [9.17, 15) is 9.90 Å². The van der Waals surface area contributed by atoms with Crippen molar-refractivity contribution in [2.45, 2.75) is 59.5 Å². The molecule has 0 aliphatic heterocycles. The number of hydrogen-bond acceptors (Lipinski definition) is 2. The van der Waals surface area contributed by atoms with E-state index in [0.29, 0.717) is 5.88 Å². The molecule has 0 aromatic carbocycles. The molecule has 2 nitrogen and oxygen atoms in total. The van der Waals surface area contributed by atoms with Crippen molar-refractivity contribution < 1.29 is 9.90 Å². The molecule has 0 saturated carbocycles. The van der Waals surface area contributed by atoms with E-state index in [-0.39, 0.29) is 17.1 Å². The van der Waals surface area contributed by atoms with Crippen LogP contribution in [0.15, 0.2) is 35.5 Å². The number of halogens is 1. The Hall–Kier alpha value is -0.860. The number of allylic oxidation sites excluding steroid dienone is 4. The van der Waals surface area contributed by atoms with Gasteiger partial charge >= 0.3 is 0 Å². The summed E-state index contributed by atoms with van der Waals surface area (Å²) in [5, 5.41) is 10.2. The van der Waals surface area contributed by atoms with Gasteiger partial charge in [0.05, 0.1) is 6.10 Å². The van der Waals surface area contributed by atoms with Crippen LogP contribution in [0.1, 0.15) is 53.4 Å². The lowest BCUT2D eigenvalue weighted by Crippen LogP contribution is -2.39. The standard InChI is InChI=1S/C19H29ClO2/c1-6-16(21)15-10-9-14(3)18(19(15,4)5)17(22)12-13(2)8-7-11-20/h6,12,15-16,21H,1,7-11H2,2-5H3/b13-12+. The van der Waals surface area contributed by atoms with Crippen molar-refractivity contribution in [3.8, 4) is 0 Å². The number of aliphatic hydroxyl groups excluding tert-OH is 1. The van der Waals surface area contributed by atoms with Gasteiger partial charge in [0.15, 0.2) is 5.78 Å². The van der Waals surface area contributed by atoms with Crippen LogP contribution < -0.4 is 0 Å². The fourth-order valence-corrected chi connectivity index (χ4v) is 3.73. The number of alkyl halides is 1. The van der Waals surface area contributed by atoms with Gasteiger partial charge in [-0.1, -0.05) is 31.1 Å². The van der Waals surface area contributed by atoms with Gasteiger partial charge in [0, 0.05) is 11.5 Å². The number of carbonyl (C=O) groups is 1. The van der Waals surface area contributed by atoms with Crippen LogP contribution in [0.2, 0.25) is 0 Å². The van der Waals surface area contributed by atoms with E-state index in [0.717, 1.165) is 42.4 Å². The SMILES string of the molecule is C=CC(O)C1CCC(C)=C(C(=O)/C=C(\C)CCCCl)C1(C)C. The molecule has 0 aromatic heterocycles. The molecule has 1 aliphatic carbocycles. The molecule has 1 aliphatic rings. The molecule has 0 heterocycles. The molecular formula is C19H29ClO2. The Kier molecular flexibility index (Phi) is 7.08. The second-order valence-corrected chi connectivity index (χ2v) is 7.27. The fraction of sp³-hybridized carbons (Fsp3) is 0.632. The van der Waals surface area contributed by atoms with E-state index in [4.69, 9.17) is 11.6 Å². The maximum atomic E-state index is 12.8. The fourth-order valence-electron chi connectivity index (χ4n) is 3.60. The third-order valence-corrected chi connectivity index (χ3v) is 5.08. The molecule has 0 fully saturated rings. The van der Waals surface area contributed by atoms with E-state index in [1.165, 1.54) is 0 Å². The number of hydrogen-bond donors (Lipinski definition) is 1. The number of aliphatic hydroxyl groups is 1. The third-order valence-electron chi connectivity index (χ3n) is 4.81. The van der Waals surface area contributed by atoms with Crippen LogP contribution in [0.5, 0.6) is 0 Å². The summed E-state index contributed by atoms with van der Waals surface area (Å²) in [6, 6.07) is 0. The van der Waals surface area contributed by atoms with E-state index < -0.39 is 6.10 Å². The lowest BCUT2D eigenvalue weighted by Gasteiger charge is -2.42. The van der Waals surface area contributed by atoms with Crippen LogP contribution >= 0.6 is 11.6 Å². The normalized spacial score (nSPS) is 23.4. The zero-order valence-electron chi connectivity index (χ0n) is 14.3. The number of carbonyl (C=O) groups excluding carboxylic acids is 1. The highest BCUT2D eigenvalue weighted by atomic mass is 35.5. The van der Waals surface area contributed by atoms with Crippen molar-refractivity contribution in [1.82, 2.24) is 0 Å². The second kappa shape index (κ2) is 8.12. The molecule has 0 aromatic rings. The zero-order chi connectivity index (χ0) is 16.9. The molecule has 3 heteroatoms. The molecule has 1 N–H and O–H groups in total. The highest BCUT2D eigenvalue weighted by Gasteiger charge is 2.42. The summed E-state index contributed by atoms with van der Waals surface area (Å²) in [5.74, 6) is 0.722. The predicted molar refractivity (Wildman–Crippen MR) is 94.1 cm³/mol. The van der Waals surface area contributed by atoms with Crippen LogP contribution in [0.4, 0.5) is 0 Å². The molecule has 0 spiro atoms.